The maximum atomic E-state index is 12.3. The molecule has 0 aliphatic heterocycles. The van der Waals surface area contributed by atoms with Crippen molar-refractivity contribution in [2.45, 2.75) is 70.3 Å². The number of nitrogens with one attached hydrogen (secondary N) is 1. The minimum absolute atomic E-state index is 0.211. The number of ether oxygens (including phenoxy) is 1. The lowest BCUT2D eigenvalue weighted by Crippen LogP contribution is -2.45. The molecule has 0 spiro atoms. The summed E-state index contributed by atoms with van der Waals surface area (Å²) in [6.45, 7) is 2.04. The van der Waals surface area contributed by atoms with Gasteiger partial charge in [-0.25, -0.2) is 4.98 Å². The van der Waals surface area contributed by atoms with Gasteiger partial charge in [-0.2, -0.15) is 0 Å². The maximum absolute atomic E-state index is 12.3. The largest absolute Gasteiger partial charge is 0.447 e. The second kappa shape index (κ2) is 9.34. The van der Waals surface area contributed by atoms with Gasteiger partial charge in [-0.3, -0.25) is 4.79 Å². The summed E-state index contributed by atoms with van der Waals surface area (Å²) in [6, 6.07) is 1.40. The van der Waals surface area contributed by atoms with Crippen molar-refractivity contribution in [2.75, 3.05) is 0 Å². The van der Waals surface area contributed by atoms with Crippen LogP contribution in [0.15, 0.2) is 16.7 Å². The highest BCUT2D eigenvalue weighted by Crippen LogP contribution is 2.25. The van der Waals surface area contributed by atoms with Crippen LogP contribution in [0.4, 0.5) is 0 Å². The van der Waals surface area contributed by atoms with E-state index in [1.165, 1.54) is 6.20 Å². The van der Waals surface area contributed by atoms with E-state index in [0.717, 1.165) is 38.5 Å². The lowest BCUT2D eigenvalue weighted by molar-refractivity contribution is -0.0279. The molecule has 0 radical (unpaired) electrons. The third kappa shape index (κ3) is 5.43. The molecule has 7 heteroatoms. The van der Waals surface area contributed by atoms with Crippen molar-refractivity contribution in [2.24, 2.45) is 0 Å². The van der Waals surface area contributed by atoms with E-state index in [1.807, 2.05) is 6.92 Å². The third-order valence-corrected chi connectivity index (χ3v) is 4.74. The maximum Gasteiger partial charge on any atom is 0.253 e. The first kappa shape index (κ1) is 19.1. The van der Waals surface area contributed by atoms with Crippen LogP contribution in [-0.2, 0) is 0 Å². The van der Waals surface area contributed by atoms with E-state index in [0.29, 0.717) is 16.5 Å². The van der Waals surface area contributed by atoms with Crippen LogP contribution in [0.1, 0.15) is 62.2 Å². The summed E-state index contributed by atoms with van der Waals surface area (Å²) in [7, 11) is 0. The number of unbranched alkanes of at least 4 members (excludes halogenated alkanes) is 1. The van der Waals surface area contributed by atoms with Crippen molar-refractivity contribution in [3.8, 4) is 5.88 Å². The van der Waals surface area contributed by atoms with E-state index in [2.05, 4.69) is 26.2 Å². The predicted octanol–water partition coefficient (Wildman–Crippen LogP) is 2.76. The molecule has 3 N–H and O–H groups in total. The van der Waals surface area contributed by atoms with Crippen LogP contribution in [0.5, 0.6) is 5.88 Å². The van der Waals surface area contributed by atoms with Crippen LogP contribution in [0.25, 0.3) is 0 Å². The number of carbonyl (C=O) groups is 1. The molecule has 0 bridgehead atoms. The van der Waals surface area contributed by atoms with Gasteiger partial charge in [0.2, 0.25) is 5.88 Å². The molecule has 24 heavy (non-hydrogen) atoms. The van der Waals surface area contributed by atoms with Crippen molar-refractivity contribution < 1.29 is 19.7 Å². The Kier molecular flexibility index (Phi) is 7.45. The highest BCUT2D eigenvalue weighted by atomic mass is 79.9. The van der Waals surface area contributed by atoms with Gasteiger partial charge in [0.25, 0.3) is 5.91 Å². The van der Waals surface area contributed by atoms with Crippen LogP contribution in [-0.4, -0.2) is 39.5 Å². The van der Waals surface area contributed by atoms with Gasteiger partial charge >= 0.3 is 0 Å². The Morgan fingerprint density at radius 2 is 2.25 bits per heavy atom. The monoisotopic (exact) mass is 400 g/mol. The van der Waals surface area contributed by atoms with Crippen molar-refractivity contribution >= 4 is 21.8 Å². The van der Waals surface area contributed by atoms with E-state index in [-0.39, 0.29) is 17.8 Å². The number of nitrogens with zero attached hydrogens (tertiary/aromatic N) is 1. The van der Waals surface area contributed by atoms with E-state index < -0.39 is 12.4 Å². The first-order valence-corrected chi connectivity index (χ1v) is 9.29. The lowest BCUT2D eigenvalue weighted by atomic mass is 9.92. The Bertz CT molecular complexity index is 555. The normalized spacial score (nSPS) is 22.0. The molecule has 1 amide bonds. The van der Waals surface area contributed by atoms with E-state index in [9.17, 15) is 15.0 Å². The zero-order valence-electron chi connectivity index (χ0n) is 13.9. The Hall–Kier alpha value is -1.18. The average molecular weight is 401 g/mol. The molecule has 134 valence electrons. The van der Waals surface area contributed by atoms with Crippen molar-refractivity contribution in [1.82, 2.24) is 10.3 Å². The summed E-state index contributed by atoms with van der Waals surface area (Å²) < 4.78 is 5.88. The minimum Gasteiger partial charge on any atom is -0.447 e. The molecule has 1 saturated carbocycles. The van der Waals surface area contributed by atoms with Gasteiger partial charge in [0.05, 0.1) is 22.2 Å². The lowest BCUT2D eigenvalue weighted by Gasteiger charge is -2.28. The van der Waals surface area contributed by atoms with Crippen LogP contribution >= 0.6 is 15.9 Å². The molecule has 0 saturated heterocycles. The zero-order valence-corrected chi connectivity index (χ0v) is 15.5. The standard InChI is InChI=1S/C17H25BrN2O4/c1-2-3-8-15(22)24-17-12(18)9-11(10-19-17)16(23)20-13-6-4-5-7-14(13)21/h9-10,13-15,21-22H,2-8H2,1H3,(H,20,23). The molecular formula is C17H25BrN2O4. The summed E-state index contributed by atoms with van der Waals surface area (Å²) in [6.07, 6.45) is 5.88. The summed E-state index contributed by atoms with van der Waals surface area (Å²) in [4.78, 5) is 16.4. The quantitative estimate of drug-likeness (QED) is 0.612. The van der Waals surface area contributed by atoms with Crippen molar-refractivity contribution in [1.29, 1.82) is 0 Å². The number of halogens is 1. The van der Waals surface area contributed by atoms with E-state index in [1.54, 1.807) is 6.07 Å². The first-order chi connectivity index (χ1) is 11.5. The SMILES string of the molecule is CCCCC(O)Oc1ncc(C(=O)NC2CCCCC2O)cc1Br. The minimum atomic E-state index is -0.911. The first-order valence-electron chi connectivity index (χ1n) is 8.50. The second-order valence-corrected chi connectivity index (χ2v) is 7.01. The number of carbonyl (C=O) groups excluding carboxylic acids is 1. The van der Waals surface area contributed by atoms with Crippen molar-refractivity contribution in [3.05, 3.63) is 22.3 Å². The summed E-state index contributed by atoms with van der Waals surface area (Å²) in [5.41, 5.74) is 0.384. The molecule has 0 aromatic carbocycles. The number of aliphatic hydroxyl groups excluding tert-OH is 2. The number of rotatable bonds is 7. The zero-order chi connectivity index (χ0) is 17.5. The molecule has 3 atom stereocenters. The second-order valence-electron chi connectivity index (χ2n) is 6.16. The van der Waals surface area contributed by atoms with E-state index in [4.69, 9.17) is 4.74 Å². The Labute approximate surface area is 150 Å². The summed E-state index contributed by atoms with van der Waals surface area (Å²) >= 11 is 3.32. The van der Waals surface area contributed by atoms with Gasteiger partial charge in [-0.15, -0.1) is 0 Å². The van der Waals surface area contributed by atoms with Gasteiger partial charge < -0.3 is 20.3 Å². The molecule has 3 unspecified atom stereocenters. The fourth-order valence-corrected chi connectivity index (χ4v) is 3.18. The van der Waals surface area contributed by atoms with Gasteiger partial charge in [-0.05, 0) is 41.3 Å². The Morgan fingerprint density at radius 3 is 2.92 bits per heavy atom. The number of aromatic nitrogens is 1. The van der Waals surface area contributed by atoms with Crippen LogP contribution in [0, 0.1) is 0 Å². The Morgan fingerprint density at radius 1 is 1.50 bits per heavy atom. The smallest absolute Gasteiger partial charge is 0.253 e. The Balaban J connectivity index is 1.96. The van der Waals surface area contributed by atoms with Gasteiger partial charge in [0.1, 0.15) is 0 Å². The molecule has 1 aromatic rings. The molecule has 2 rings (SSSR count). The highest BCUT2D eigenvalue weighted by Gasteiger charge is 2.25. The summed E-state index contributed by atoms with van der Waals surface area (Å²) in [5.74, 6) is -0.0138. The average Bonchev–Trinajstić information content (AvgIpc) is 2.56. The molecule has 1 aliphatic carbocycles. The predicted molar refractivity (Wildman–Crippen MR) is 93.8 cm³/mol. The van der Waals surface area contributed by atoms with Crippen LogP contribution in [0.3, 0.4) is 0 Å². The molecule has 1 aromatic heterocycles. The highest BCUT2D eigenvalue weighted by molar-refractivity contribution is 9.10. The fraction of sp³-hybridized carbons (Fsp3) is 0.647. The van der Waals surface area contributed by atoms with Crippen molar-refractivity contribution in [3.63, 3.8) is 0 Å². The number of hydrogen-bond donors (Lipinski definition) is 3. The molecule has 1 aliphatic rings. The number of aliphatic hydroxyl groups is 2. The number of amides is 1. The molecule has 1 fully saturated rings. The summed E-state index contributed by atoms with van der Waals surface area (Å²) in [5, 5.41) is 22.6. The number of hydrogen-bond acceptors (Lipinski definition) is 5. The van der Waals surface area contributed by atoms with Gasteiger partial charge in [-0.1, -0.05) is 26.2 Å². The fourth-order valence-electron chi connectivity index (χ4n) is 2.73. The molecule has 1 heterocycles. The van der Waals surface area contributed by atoms with Crippen LogP contribution < -0.4 is 10.1 Å². The number of pyridine rings is 1. The van der Waals surface area contributed by atoms with E-state index >= 15 is 0 Å². The van der Waals surface area contributed by atoms with Crippen LogP contribution in [0.2, 0.25) is 0 Å². The molecule has 6 nitrogen and oxygen atoms in total. The third-order valence-electron chi connectivity index (χ3n) is 4.17. The van der Waals surface area contributed by atoms with Gasteiger partial charge in [0.15, 0.2) is 6.29 Å². The molecular weight excluding hydrogens is 376 g/mol. The topological polar surface area (TPSA) is 91.7 Å². The van der Waals surface area contributed by atoms with Gasteiger partial charge in [0, 0.05) is 12.6 Å².